The molecule has 1 nitrogen and oxygen atoms in total. The Bertz CT molecular complexity index is 426. The first-order chi connectivity index (χ1) is 10.8. The summed E-state index contributed by atoms with van der Waals surface area (Å²) in [5.74, 6) is 0. The summed E-state index contributed by atoms with van der Waals surface area (Å²) in [6.07, 6.45) is 14.6. The summed E-state index contributed by atoms with van der Waals surface area (Å²) < 4.78 is 2.72. The number of rotatable bonds is 4. The van der Waals surface area contributed by atoms with Gasteiger partial charge in [-0.05, 0) is 63.5 Å². The molecular weight excluding hydrogens is 285 g/mol. The smallest absolute Gasteiger partial charge is 0.121 e. The second-order valence-corrected chi connectivity index (χ2v) is 11.8. The summed E-state index contributed by atoms with van der Waals surface area (Å²) >= 11 is 0. The Labute approximate surface area is 137 Å². The highest BCUT2D eigenvalue weighted by molar-refractivity contribution is 7.82. The lowest BCUT2D eigenvalue weighted by Gasteiger charge is -2.46. The Morgan fingerprint density at radius 1 is 0.727 bits per heavy atom. The molecule has 0 spiro atoms. The fourth-order valence-electron chi connectivity index (χ4n) is 5.22. The number of nitrogens with zero attached hydrogens (tertiary/aromatic N) is 1. The van der Waals surface area contributed by atoms with Crippen molar-refractivity contribution in [1.29, 1.82) is 0 Å². The molecule has 0 unspecified atom stereocenters. The normalized spacial score (nSPS) is 22.1. The first kappa shape index (κ1) is 16.5. The van der Waals surface area contributed by atoms with Crippen molar-refractivity contribution in [3.63, 3.8) is 0 Å². The van der Waals surface area contributed by atoms with Gasteiger partial charge in [-0.2, -0.15) is 4.67 Å². The predicted molar refractivity (Wildman–Crippen MR) is 100 cm³/mol. The highest BCUT2D eigenvalue weighted by Crippen LogP contribution is 2.72. The van der Waals surface area contributed by atoms with Gasteiger partial charge >= 0.3 is 0 Å². The van der Waals surface area contributed by atoms with E-state index in [1.807, 2.05) is 0 Å². The summed E-state index contributed by atoms with van der Waals surface area (Å²) in [6.45, 7) is 0. The minimum Gasteiger partial charge on any atom is -0.181 e. The van der Waals surface area contributed by atoms with Crippen molar-refractivity contribution in [3.8, 4) is 0 Å². The second kappa shape index (κ2) is 7.45. The molecule has 2 fully saturated rings. The molecule has 0 atom stereocenters. The monoisotopic (exact) mass is 318 g/mol. The van der Waals surface area contributed by atoms with Crippen LogP contribution in [-0.4, -0.2) is 30.1 Å². The molecule has 0 saturated heterocycles. The van der Waals surface area contributed by atoms with E-state index in [4.69, 9.17) is 0 Å². The Morgan fingerprint density at radius 3 is 1.59 bits per heavy atom. The molecule has 0 N–H and O–H groups in total. The van der Waals surface area contributed by atoms with Crippen LogP contribution in [0, 0.1) is 0 Å². The van der Waals surface area contributed by atoms with E-state index in [1.54, 1.807) is 5.30 Å². The van der Waals surface area contributed by atoms with E-state index < -0.39 is 7.41 Å². The lowest BCUT2D eigenvalue weighted by atomic mass is 9.99. The van der Waals surface area contributed by atoms with Crippen LogP contribution in [0.1, 0.15) is 64.2 Å². The van der Waals surface area contributed by atoms with Crippen LogP contribution in [0.5, 0.6) is 0 Å². The van der Waals surface area contributed by atoms with Gasteiger partial charge in [0.1, 0.15) is 12.7 Å². The van der Waals surface area contributed by atoms with E-state index in [-0.39, 0.29) is 0 Å². The van der Waals surface area contributed by atoms with Crippen LogP contribution >= 0.6 is 7.41 Å². The van der Waals surface area contributed by atoms with E-state index in [9.17, 15) is 0 Å². The van der Waals surface area contributed by atoms with Gasteiger partial charge in [0, 0.05) is 14.1 Å². The van der Waals surface area contributed by atoms with Crippen molar-refractivity contribution < 1.29 is 0 Å². The summed E-state index contributed by atoms with van der Waals surface area (Å²) in [5.41, 5.74) is 1.89. The van der Waals surface area contributed by atoms with Gasteiger partial charge in [0.05, 0.1) is 11.3 Å². The zero-order valence-corrected chi connectivity index (χ0v) is 15.4. The summed E-state index contributed by atoms with van der Waals surface area (Å²) in [6, 6.07) is 11.7. The predicted octanol–water partition coefficient (Wildman–Crippen LogP) is 5.47. The van der Waals surface area contributed by atoms with Gasteiger partial charge in [0.2, 0.25) is 0 Å². The quantitative estimate of drug-likeness (QED) is 0.665. The van der Waals surface area contributed by atoms with Crippen LogP contribution in [0.3, 0.4) is 0 Å². The minimum atomic E-state index is -1.24. The van der Waals surface area contributed by atoms with Gasteiger partial charge in [-0.15, -0.1) is 0 Å². The van der Waals surface area contributed by atoms with Crippen molar-refractivity contribution >= 4 is 12.7 Å². The van der Waals surface area contributed by atoms with Crippen LogP contribution in [0.2, 0.25) is 0 Å². The zero-order chi connectivity index (χ0) is 15.4. The molecular formula is C20H33NP+. The summed E-state index contributed by atoms with van der Waals surface area (Å²) in [4.78, 5) is 0. The third-order valence-corrected chi connectivity index (χ3v) is 11.8. The van der Waals surface area contributed by atoms with Gasteiger partial charge < -0.3 is 0 Å². The molecule has 0 heterocycles. The van der Waals surface area contributed by atoms with Gasteiger partial charge in [-0.1, -0.05) is 31.0 Å². The SMILES string of the molecule is CN(C)[P+](c1ccccc1)(C1CCCCC1)C1CCCCC1. The summed E-state index contributed by atoms with van der Waals surface area (Å²) in [7, 11) is 3.55. The maximum Gasteiger partial charge on any atom is 0.121 e. The highest BCUT2D eigenvalue weighted by atomic mass is 31.2. The molecule has 3 rings (SSSR count). The largest absolute Gasteiger partial charge is 0.181 e. The molecule has 0 aliphatic heterocycles. The Morgan fingerprint density at radius 2 is 1.18 bits per heavy atom. The van der Waals surface area contributed by atoms with Crippen molar-refractivity contribution in [2.45, 2.75) is 75.5 Å². The van der Waals surface area contributed by atoms with Gasteiger partial charge in [0.25, 0.3) is 0 Å². The first-order valence-electron chi connectivity index (χ1n) is 9.38. The second-order valence-electron chi connectivity index (χ2n) is 7.50. The minimum absolute atomic E-state index is 0.946. The van der Waals surface area contributed by atoms with E-state index in [1.165, 1.54) is 64.2 Å². The van der Waals surface area contributed by atoms with Crippen molar-refractivity contribution in [3.05, 3.63) is 30.3 Å². The molecule has 0 bridgehead atoms. The summed E-state index contributed by atoms with van der Waals surface area (Å²) in [5, 5.41) is 1.69. The van der Waals surface area contributed by atoms with E-state index >= 15 is 0 Å². The topological polar surface area (TPSA) is 3.24 Å². The highest BCUT2D eigenvalue weighted by Gasteiger charge is 2.56. The van der Waals surface area contributed by atoms with Crippen LogP contribution in [0.25, 0.3) is 0 Å². The van der Waals surface area contributed by atoms with Crippen molar-refractivity contribution in [2.75, 3.05) is 14.1 Å². The molecule has 1 aromatic rings. The Kier molecular flexibility index (Phi) is 5.58. The number of hydrogen-bond acceptors (Lipinski definition) is 1. The average molecular weight is 318 g/mol. The fourth-order valence-corrected chi connectivity index (χ4v) is 11.4. The van der Waals surface area contributed by atoms with Crippen molar-refractivity contribution in [2.24, 2.45) is 0 Å². The molecule has 2 saturated carbocycles. The van der Waals surface area contributed by atoms with Crippen LogP contribution in [0.4, 0.5) is 0 Å². The molecule has 2 aliphatic carbocycles. The fraction of sp³-hybridized carbons (Fsp3) is 0.700. The molecule has 0 radical (unpaired) electrons. The number of benzene rings is 1. The molecule has 1 aromatic carbocycles. The molecule has 0 amide bonds. The lowest BCUT2D eigenvalue weighted by molar-refractivity contribution is 0.457. The Balaban J connectivity index is 2.04. The molecule has 0 aromatic heterocycles. The maximum absolute atomic E-state index is 2.72. The van der Waals surface area contributed by atoms with E-state index in [0.29, 0.717) is 0 Å². The maximum atomic E-state index is 2.72. The molecule has 122 valence electrons. The third-order valence-electron chi connectivity index (χ3n) is 6.09. The molecule has 2 aliphatic rings. The van der Waals surface area contributed by atoms with Gasteiger partial charge in [0.15, 0.2) is 0 Å². The van der Waals surface area contributed by atoms with Gasteiger partial charge in [-0.25, -0.2) is 0 Å². The Hall–Kier alpha value is -0.390. The van der Waals surface area contributed by atoms with Crippen LogP contribution in [-0.2, 0) is 0 Å². The lowest BCUT2D eigenvalue weighted by Crippen LogP contribution is -2.41. The molecule has 2 heteroatoms. The molecule has 22 heavy (non-hydrogen) atoms. The van der Waals surface area contributed by atoms with Gasteiger partial charge in [-0.3, -0.25) is 0 Å². The number of hydrogen-bond donors (Lipinski definition) is 0. The van der Waals surface area contributed by atoms with Crippen molar-refractivity contribution in [1.82, 2.24) is 4.67 Å². The average Bonchev–Trinajstić information content (AvgIpc) is 2.58. The standard InChI is InChI=1S/C20H33NP/c1-21(2)22(18-12-6-3-7-13-18,19-14-8-4-9-15-19)20-16-10-5-11-17-20/h3,6-7,12-13,19-20H,4-5,8-11,14-17H2,1-2H3/q+1. The van der Waals surface area contributed by atoms with E-state index in [0.717, 1.165) is 11.3 Å². The third kappa shape index (κ3) is 3.00. The zero-order valence-electron chi connectivity index (χ0n) is 14.5. The van der Waals surface area contributed by atoms with Crippen LogP contribution in [0.15, 0.2) is 30.3 Å². The van der Waals surface area contributed by atoms with Crippen LogP contribution < -0.4 is 5.30 Å². The first-order valence-corrected chi connectivity index (χ1v) is 11.3. The van der Waals surface area contributed by atoms with E-state index in [2.05, 4.69) is 49.1 Å².